The zero-order valence-corrected chi connectivity index (χ0v) is 13.8. The second-order valence-electron chi connectivity index (χ2n) is 4.44. The monoisotopic (exact) mass is 379 g/mol. The predicted octanol–water partition coefficient (Wildman–Crippen LogP) is 3.22. The SMILES string of the molecule is CCc1nnc(NC(=O)c2cc3cc(Br)ccc3oc2=O)s1. The summed E-state index contributed by atoms with van der Waals surface area (Å²) in [5.74, 6) is -0.561. The molecule has 0 radical (unpaired) electrons. The Balaban J connectivity index is 1.96. The molecule has 1 aromatic carbocycles. The van der Waals surface area contributed by atoms with Crippen molar-refractivity contribution in [2.24, 2.45) is 0 Å². The van der Waals surface area contributed by atoms with Gasteiger partial charge in [0.05, 0.1) is 0 Å². The summed E-state index contributed by atoms with van der Waals surface area (Å²) >= 11 is 4.61. The van der Waals surface area contributed by atoms with E-state index in [0.29, 0.717) is 16.1 Å². The van der Waals surface area contributed by atoms with Crippen LogP contribution in [0, 0.1) is 0 Å². The number of rotatable bonds is 3. The fourth-order valence-electron chi connectivity index (χ4n) is 1.86. The normalized spacial score (nSPS) is 10.8. The van der Waals surface area contributed by atoms with E-state index in [2.05, 4.69) is 31.4 Å². The number of amides is 1. The molecule has 6 nitrogen and oxygen atoms in total. The van der Waals surface area contributed by atoms with Gasteiger partial charge < -0.3 is 4.42 Å². The fourth-order valence-corrected chi connectivity index (χ4v) is 2.92. The first-order valence-corrected chi connectivity index (χ1v) is 8.05. The number of aryl methyl sites for hydroxylation is 1. The molecule has 22 heavy (non-hydrogen) atoms. The highest BCUT2D eigenvalue weighted by Crippen LogP contribution is 2.20. The number of hydrogen-bond acceptors (Lipinski definition) is 6. The van der Waals surface area contributed by atoms with Crippen LogP contribution in [0.3, 0.4) is 0 Å². The standard InChI is InChI=1S/C14H10BrN3O3S/c1-2-11-17-18-14(22-11)16-12(19)9-6-7-5-8(15)3-4-10(7)21-13(9)20/h3-6H,2H2,1H3,(H,16,18,19). The Morgan fingerprint density at radius 3 is 2.91 bits per heavy atom. The van der Waals surface area contributed by atoms with Crippen molar-refractivity contribution in [3.05, 3.63) is 49.7 Å². The van der Waals surface area contributed by atoms with Crippen LogP contribution in [0.25, 0.3) is 11.0 Å². The molecule has 1 amide bonds. The number of carbonyl (C=O) groups is 1. The molecular formula is C14H10BrN3O3S. The van der Waals surface area contributed by atoms with Gasteiger partial charge in [0.1, 0.15) is 16.2 Å². The van der Waals surface area contributed by atoms with Gasteiger partial charge in [-0.2, -0.15) is 0 Å². The number of carbonyl (C=O) groups excluding carboxylic acids is 1. The second-order valence-corrected chi connectivity index (χ2v) is 6.42. The summed E-state index contributed by atoms with van der Waals surface area (Å²) in [7, 11) is 0. The van der Waals surface area contributed by atoms with E-state index in [1.54, 1.807) is 18.2 Å². The maximum absolute atomic E-state index is 12.2. The summed E-state index contributed by atoms with van der Waals surface area (Å²) in [6, 6.07) is 6.71. The Bertz CT molecular complexity index is 919. The third-order valence-corrected chi connectivity index (χ3v) is 4.40. The van der Waals surface area contributed by atoms with Gasteiger partial charge in [-0.25, -0.2) is 4.79 Å². The zero-order valence-electron chi connectivity index (χ0n) is 11.4. The average molecular weight is 380 g/mol. The number of nitrogens with one attached hydrogen (secondary N) is 1. The Labute approximate surface area is 137 Å². The van der Waals surface area contributed by atoms with Crippen molar-refractivity contribution >= 4 is 49.3 Å². The van der Waals surface area contributed by atoms with Crippen LogP contribution < -0.4 is 10.9 Å². The minimum Gasteiger partial charge on any atom is -0.422 e. The van der Waals surface area contributed by atoms with Crippen molar-refractivity contribution in [1.29, 1.82) is 0 Å². The van der Waals surface area contributed by atoms with E-state index < -0.39 is 11.5 Å². The number of aromatic nitrogens is 2. The van der Waals surface area contributed by atoms with Crippen LogP contribution in [0.1, 0.15) is 22.3 Å². The molecule has 0 aliphatic heterocycles. The Kier molecular flexibility index (Phi) is 4.04. The van der Waals surface area contributed by atoms with Gasteiger partial charge in [0.2, 0.25) is 5.13 Å². The maximum atomic E-state index is 12.2. The van der Waals surface area contributed by atoms with Gasteiger partial charge in [0.15, 0.2) is 0 Å². The van der Waals surface area contributed by atoms with Crippen molar-refractivity contribution in [2.75, 3.05) is 5.32 Å². The van der Waals surface area contributed by atoms with Gasteiger partial charge in [-0.3, -0.25) is 10.1 Å². The summed E-state index contributed by atoms with van der Waals surface area (Å²) in [5.41, 5.74) is -0.333. The van der Waals surface area contributed by atoms with Crippen molar-refractivity contribution in [3.63, 3.8) is 0 Å². The molecular weight excluding hydrogens is 370 g/mol. The molecule has 112 valence electrons. The van der Waals surface area contributed by atoms with E-state index >= 15 is 0 Å². The molecule has 2 heterocycles. The quantitative estimate of drug-likeness (QED) is 0.706. The Morgan fingerprint density at radius 2 is 2.18 bits per heavy atom. The molecule has 0 spiro atoms. The van der Waals surface area contributed by atoms with Gasteiger partial charge in [-0.1, -0.05) is 34.2 Å². The molecule has 0 saturated carbocycles. The molecule has 0 fully saturated rings. The van der Waals surface area contributed by atoms with Crippen LogP contribution in [-0.2, 0) is 6.42 Å². The lowest BCUT2D eigenvalue weighted by atomic mass is 10.2. The van der Waals surface area contributed by atoms with Crippen molar-refractivity contribution < 1.29 is 9.21 Å². The molecule has 0 saturated heterocycles. The number of nitrogens with zero attached hydrogens (tertiary/aromatic N) is 2. The summed E-state index contributed by atoms with van der Waals surface area (Å²) in [6.45, 7) is 1.95. The predicted molar refractivity (Wildman–Crippen MR) is 87.4 cm³/mol. The summed E-state index contributed by atoms with van der Waals surface area (Å²) in [6.07, 6.45) is 0.736. The number of anilines is 1. The molecule has 1 N–H and O–H groups in total. The van der Waals surface area contributed by atoms with Gasteiger partial charge in [0, 0.05) is 9.86 Å². The highest BCUT2D eigenvalue weighted by Gasteiger charge is 2.16. The van der Waals surface area contributed by atoms with Crippen LogP contribution in [-0.4, -0.2) is 16.1 Å². The molecule has 0 unspecified atom stereocenters. The molecule has 0 aliphatic carbocycles. The van der Waals surface area contributed by atoms with Gasteiger partial charge in [-0.15, -0.1) is 10.2 Å². The lowest BCUT2D eigenvalue weighted by Gasteiger charge is -2.02. The molecule has 3 rings (SSSR count). The maximum Gasteiger partial charge on any atom is 0.349 e. The largest absolute Gasteiger partial charge is 0.422 e. The van der Waals surface area contributed by atoms with E-state index in [-0.39, 0.29) is 5.56 Å². The highest BCUT2D eigenvalue weighted by atomic mass is 79.9. The van der Waals surface area contributed by atoms with Crippen molar-refractivity contribution in [2.45, 2.75) is 13.3 Å². The van der Waals surface area contributed by atoms with Gasteiger partial charge >= 0.3 is 5.63 Å². The minimum absolute atomic E-state index is 0.0705. The van der Waals surface area contributed by atoms with E-state index in [1.807, 2.05) is 6.92 Å². The molecule has 0 atom stereocenters. The minimum atomic E-state index is -0.687. The molecule has 8 heteroatoms. The number of halogens is 1. The molecule has 0 aliphatic rings. The van der Waals surface area contributed by atoms with Crippen LogP contribution in [0.4, 0.5) is 5.13 Å². The summed E-state index contributed by atoms with van der Waals surface area (Å²) in [4.78, 5) is 24.2. The lowest BCUT2D eigenvalue weighted by molar-refractivity contribution is 0.102. The van der Waals surface area contributed by atoms with E-state index in [0.717, 1.165) is 15.9 Å². The van der Waals surface area contributed by atoms with Crippen LogP contribution in [0.15, 0.2) is 37.9 Å². The average Bonchev–Trinajstić information content (AvgIpc) is 2.94. The molecule has 3 aromatic rings. The van der Waals surface area contributed by atoms with Crippen LogP contribution >= 0.6 is 27.3 Å². The van der Waals surface area contributed by atoms with E-state index in [4.69, 9.17) is 4.42 Å². The molecule has 0 bridgehead atoms. The number of fused-ring (bicyclic) bond motifs is 1. The van der Waals surface area contributed by atoms with E-state index in [9.17, 15) is 9.59 Å². The van der Waals surface area contributed by atoms with Crippen molar-refractivity contribution in [3.8, 4) is 0 Å². The Morgan fingerprint density at radius 1 is 1.36 bits per heavy atom. The summed E-state index contributed by atoms with van der Waals surface area (Å²) < 4.78 is 5.99. The highest BCUT2D eigenvalue weighted by molar-refractivity contribution is 9.10. The fraction of sp³-hybridized carbons (Fsp3) is 0.143. The number of hydrogen-bond donors (Lipinski definition) is 1. The van der Waals surface area contributed by atoms with Gasteiger partial charge in [0.25, 0.3) is 5.91 Å². The van der Waals surface area contributed by atoms with E-state index in [1.165, 1.54) is 17.4 Å². The number of benzene rings is 1. The first-order chi connectivity index (χ1) is 10.6. The van der Waals surface area contributed by atoms with Crippen LogP contribution in [0.5, 0.6) is 0 Å². The summed E-state index contributed by atoms with van der Waals surface area (Å²) in [5, 5.41) is 12.2. The first kappa shape index (κ1) is 14.9. The Hall–Kier alpha value is -2.06. The molecule has 2 aromatic heterocycles. The van der Waals surface area contributed by atoms with Crippen LogP contribution in [0.2, 0.25) is 0 Å². The third kappa shape index (κ3) is 2.93. The lowest BCUT2D eigenvalue weighted by Crippen LogP contribution is -2.20. The zero-order chi connectivity index (χ0) is 15.7. The van der Waals surface area contributed by atoms with Crippen molar-refractivity contribution in [1.82, 2.24) is 10.2 Å². The first-order valence-electron chi connectivity index (χ1n) is 6.44. The van der Waals surface area contributed by atoms with Gasteiger partial charge in [-0.05, 0) is 30.7 Å². The second kappa shape index (κ2) is 5.98. The smallest absolute Gasteiger partial charge is 0.349 e. The third-order valence-electron chi connectivity index (χ3n) is 2.93. The topological polar surface area (TPSA) is 85.1 Å².